The van der Waals surface area contributed by atoms with Gasteiger partial charge in [-0.2, -0.15) is 0 Å². The molecule has 0 bridgehead atoms. The van der Waals surface area contributed by atoms with E-state index in [0.717, 1.165) is 38.5 Å². The Hall–Kier alpha value is 0.0269. The van der Waals surface area contributed by atoms with Crippen LogP contribution in [0.4, 0.5) is 0 Å². The van der Waals surface area contributed by atoms with Gasteiger partial charge in [-0.25, -0.2) is 0 Å². The Morgan fingerprint density at radius 1 is 1.11 bits per heavy atom. The van der Waals surface area contributed by atoms with Crippen molar-refractivity contribution in [2.24, 2.45) is 17.3 Å². The molecule has 2 aliphatic carbocycles. The first kappa shape index (κ1) is 32.2. The molecule has 0 radical (unpaired) electrons. The van der Waals surface area contributed by atoms with Gasteiger partial charge >= 0.3 is 0 Å². The van der Waals surface area contributed by atoms with Crippen molar-refractivity contribution in [3.8, 4) is 0 Å². The van der Waals surface area contributed by atoms with Crippen molar-refractivity contribution in [1.29, 1.82) is 0 Å². The van der Waals surface area contributed by atoms with Crippen LogP contribution in [0.2, 0.25) is 18.1 Å². The van der Waals surface area contributed by atoms with Gasteiger partial charge in [-0.3, -0.25) is 4.57 Å². The summed E-state index contributed by atoms with van der Waals surface area (Å²) in [5, 5.41) is 21.6. The summed E-state index contributed by atoms with van der Waals surface area (Å²) in [4.78, 5) is 9.45. The average molecular weight is 545 g/mol. The Kier molecular flexibility index (Phi) is 12.0. The van der Waals surface area contributed by atoms with E-state index in [1.54, 1.807) is 0 Å². The lowest BCUT2D eigenvalue weighted by Crippen LogP contribution is -2.51. The molecule has 0 aromatic rings. The van der Waals surface area contributed by atoms with Crippen molar-refractivity contribution in [2.45, 2.75) is 141 Å². The quantitative estimate of drug-likeness (QED) is 0.0860. The minimum Gasteiger partial charge on any atom is -0.413 e. The molecule has 0 aromatic carbocycles. The maximum absolute atomic E-state index is 11.5. The standard InChI is InChI=1S/C29H57O5PSi/c1-8-18-29(19-14-20-29)27(34-36(6,7)28(2,3)4)17-13-16-24-23(25(30)22-26(24)31)15-11-9-10-12-21-35(5,32)33/h13,16,23-27,30-31H,8-12,14-15,17-22H2,1-7H3,(H,32,33)/b16-13+/t23-,24-,25?,26-,27?/m1/s1. The summed E-state index contributed by atoms with van der Waals surface area (Å²) >= 11 is 0. The maximum Gasteiger partial charge on any atom is 0.197 e. The molecule has 36 heavy (non-hydrogen) atoms. The molecule has 0 aliphatic heterocycles. The molecule has 0 heterocycles. The van der Waals surface area contributed by atoms with Crippen LogP contribution in [0, 0.1) is 17.3 Å². The molecule has 2 fully saturated rings. The lowest BCUT2D eigenvalue weighted by atomic mass is 9.62. The molecule has 212 valence electrons. The highest BCUT2D eigenvalue weighted by Gasteiger charge is 2.48. The zero-order chi connectivity index (χ0) is 27.2. The van der Waals surface area contributed by atoms with Crippen molar-refractivity contribution >= 4 is 15.7 Å². The molecule has 3 unspecified atom stereocenters. The summed E-state index contributed by atoms with van der Waals surface area (Å²) in [6.45, 7) is 15.4. The van der Waals surface area contributed by atoms with E-state index in [0.29, 0.717) is 18.0 Å². The third-order valence-corrected chi connectivity index (χ3v) is 15.1. The first-order valence-electron chi connectivity index (χ1n) is 14.6. The molecule has 6 atom stereocenters. The molecule has 0 saturated heterocycles. The normalized spacial score (nSPS) is 29.3. The largest absolute Gasteiger partial charge is 0.413 e. The lowest BCUT2D eigenvalue weighted by Gasteiger charge is -2.51. The number of hydrogen-bond acceptors (Lipinski definition) is 4. The Bertz CT molecular complexity index is 736. The molecular weight excluding hydrogens is 487 g/mol. The Morgan fingerprint density at radius 2 is 1.75 bits per heavy atom. The predicted molar refractivity (Wildman–Crippen MR) is 154 cm³/mol. The molecule has 2 saturated carbocycles. The number of unbranched alkanes of at least 4 members (excludes halogenated alkanes) is 3. The van der Waals surface area contributed by atoms with E-state index in [-0.39, 0.29) is 23.0 Å². The third kappa shape index (κ3) is 9.05. The van der Waals surface area contributed by atoms with Gasteiger partial charge in [-0.05, 0) is 68.0 Å². The van der Waals surface area contributed by atoms with Gasteiger partial charge in [0.15, 0.2) is 15.7 Å². The smallest absolute Gasteiger partial charge is 0.197 e. The van der Waals surface area contributed by atoms with E-state index >= 15 is 0 Å². The van der Waals surface area contributed by atoms with E-state index in [1.165, 1.54) is 38.8 Å². The molecule has 5 nitrogen and oxygen atoms in total. The second-order valence-electron chi connectivity index (χ2n) is 13.6. The van der Waals surface area contributed by atoms with E-state index in [2.05, 4.69) is 52.9 Å². The van der Waals surface area contributed by atoms with Crippen LogP contribution in [0.5, 0.6) is 0 Å². The van der Waals surface area contributed by atoms with Crippen LogP contribution in [0.15, 0.2) is 12.2 Å². The zero-order valence-electron chi connectivity index (χ0n) is 24.3. The predicted octanol–water partition coefficient (Wildman–Crippen LogP) is 7.50. The van der Waals surface area contributed by atoms with Gasteiger partial charge in [0.25, 0.3) is 0 Å². The second-order valence-corrected chi connectivity index (χ2v) is 20.9. The van der Waals surface area contributed by atoms with Gasteiger partial charge < -0.3 is 19.5 Å². The fourth-order valence-electron chi connectivity index (χ4n) is 6.09. The average Bonchev–Trinajstić information content (AvgIpc) is 2.97. The third-order valence-electron chi connectivity index (χ3n) is 9.51. The van der Waals surface area contributed by atoms with Gasteiger partial charge in [0.2, 0.25) is 0 Å². The van der Waals surface area contributed by atoms with Crippen molar-refractivity contribution < 1.29 is 24.1 Å². The SMILES string of the molecule is CCCC1(C(C/C=C/[C@H]2[C@H](O)CC(O)[C@@H]2CCCCCCP(C)(=O)O)O[Si](C)(C)C(C)(C)C)CCC1. The lowest BCUT2D eigenvalue weighted by molar-refractivity contribution is -0.0314. The summed E-state index contributed by atoms with van der Waals surface area (Å²) in [5.41, 5.74) is 0.291. The van der Waals surface area contributed by atoms with Crippen LogP contribution < -0.4 is 0 Å². The highest BCUT2D eigenvalue weighted by atomic mass is 31.2. The second kappa shape index (κ2) is 13.4. The molecule has 3 N–H and O–H groups in total. The molecule has 0 aromatic heterocycles. The van der Waals surface area contributed by atoms with Crippen LogP contribution in [-0.4, -0.2) is 54.6 Å². The molecule has 0 spiro atoms. The monoisotopic (exact) mass is 544 g/mol. The van der Waals surface area contributed by atoms with Gasteiger partial charge in [0.1, 0.15) is 0 Å². The van der Waals surface area contributed by atoms with Crippen molar-refractivity contribution in [2.75, 3.05) is 12.8 Å². The Morgan fingerprint density at radius 3 is 2.28 bits per heavy atom. The minimum absolute atomic E-state index is 0.00895. The maximum atomic E-state index is 11.5. The fourth-order valence-corrected chi connectivity index (χ4v) is 8.31. The summed E-state index contributed by atoms with van der Waals surface area (Å²) in [7, 11) is -4.82. The number of aliphatic hydroxyl groups excluding tert-OH is 2. The van der Waals surface area contributed by atoms with Gasteiger partial charge in [-0.15, -0.1) is 0 Å². The highest BCUT2D eigenvalue weighted by molar-refractivity contribution is 7.57. The molecular formula is C29H57O5PSi. The zero-order valence-corrected chi connectivity index (χ0v) is 26.2. The van der Waals surface area contributed by atoms with Crippen molar-refractivity contribution in [1.82, 2.24) is 0 Å². The number of rotatable bonds is 15. The summed E-state index contributed by atoms with van der Waals surface area (Å²) in [5.74, 6) is 0.0739. The van der Waals surface area contributed by atoms with Crippen molar-refractivity contribution in [3.63, 3.8) is 0 Å². The van der Waals surface area contributed by atoms with Crippen LogP contribution >= 0.6 is 7.37 Å². The molecule has 0 amide bonds. The highest BCUT2D eigenvalue weighted by Crippen LogP contribution is 2.52. The summed E-state index contributed by atoms with van der Waals surface area (Å²) in [6.07, 6.45) is 16.2. The van der Waals surface area contributed by atoms with Gasteiger partial charge in [-0.1, -0.05) is 72.0 Å². The molecule has 2 rings (SSSR count). The number of hydrogen-bond donors (Lipinski definition) is 3. The summed E-state index contributed by atoms with van der Waals surface area (Å²) in [6, 6.07) is 0. The van der Waals surface area contributed by atoms with E-state index in [4.69, 9.17) is 4.43 Å². The fraction of sp³-hybridized carbons (Fsp3) is 0.931. The van der Waals surface area contributed by atoms with Gasteiger partial charge in [0, 0.05) is 25.2 Å². The number of aliphatic hydroxyl groups is 2. The topological polar surface area (TPSA) is 87.0 Å². The molecule has 2 aliphatic rings. The Balaban J connectivity index is 2.02. The first-order valence-corrected chi connectivity index (χ1v) is 19.8. The van der Waals surface area contributed by atoms with Crippen LogP contribution in [0.1, 0.15) is 105 Å². The first-order chi connectivity index (χ1) is 16.6. The van der Waals surface area contributed by atoms with E-state index in [9.17, 15) is 19.7 Å². The van der Waals surface area contributed by atoms with Crippen LogP contribution in [-0.2, 0) is 8.99 Å². The van der Waals surface area contributed by atoms with Crippen LogP contribution in [0.3, 0.4) is 0 Å². The van der Waals surface area contributed by atoms with E-state index < -0.39 is 27.9 Å². The Labute approximate surface area is 223 Å². The van der Waals surface area contributed by atoms with E-state index in [1.807, 2.05) is 0 Å². The minimum atomic E-state index is -2.91. The summed E-state index contributed by atoms with van der Waals surface area (Å²) < 4.78 is 18.5. The molecule has 7 heteroatoms. The van der Waals surface area contributed by atoms with Crippen LogP contribution in [0.25, 0.3) is 0 Å². The van der Waals surface area contributed by atoms with Crippen molar-refractivity contribution in [3.05, 3.63) is 12.2 Å². The van der Waals surface area contributed by atoms with Gasteiger partial charge in [0.05, 0.1) is 18.3 Å².